The summed E-state index contributed by atoms with van der Waals surface area (Å²) in [5.74, 6) is 0.354. The average Bonchev–Trinajstić information content (AvgIpc) is 3.00. The van der Waals surface area contributed by atoms with Gasteiger partial charge in [-0.05, 0) is 37.1 Å². The van der Waals surface area contributed by atoms with E-state index in [0.29, 0.717) is 12.8 Å². The summed E-state index contributed by atoms with van der Waals surface area (Å²) >= 11 is 0. The Labute approximate surface area is 129 Å². The summed E-state index contributed by atoms with van der Waals surface area (Å²) in [7, 11) is 0. The zero-order valence-corrected chi connectivity index (χ0v) is 12.8. The van der Waals surface area contributed by atoms with E-state index in [-0.39, 0.29) is 18.4 Å². The van der Waals surface area contributed by atoms with Gasteiger partial charge in [0.05, 0.1) is 12.8 Å². The highest BCUT2D eigenvalue weighted by atomic mass is 16.3. The topological polar surface area (TPSA) is 71.3 Å². The van der Waals surface area contributed by atoms with Gasteiger partial charge in [0.2, 0.25) is 11.8 Å². The number of carbonyl (C=O) groups is 2. The minimum Gasteiger partial charge on any atom is -0.469 e. The fourth-order valence-electron chi connectivity index (χ4n) is 2.15. The third kappa shape index (κ3) is 4.48. The number of aryl methyl sites for hydroxylation is 3. The van der Waals surface area contributed by atoms with Gasteiger partial charge in [0.1, 0.15) is 5.76 Å². The molecule has 0 unspecified atom stereocenters. The number of amides is 2. The molecule has 0 saturated carbocycles. The molecule has 0 aliphatic carbocycles. The molecule has 2 N–H and O–H groups in total. The minimum absolute atomic E-state index is 0.0369. The lowest BCUT2D eigenvalue weighted by Gasteiger charge is -2.11. The summed E-state index contributed by atoms with van der Waals surface area (Å²) in [4.78, 5) is 23.6. The van der Waals surface area contributed by atoms with E-state index >= 15 is 0 Å². The molecule has 0 spiro atoms. The quantitative estimate of drug-likeness (QED) is 0.861. The number of benzene rings is 1. The molecule has 0 aliphatic rings. The number of anilines is 1. The smallest absolute Gasteiger partial charge is 0.243 e. The second-order valence-electron chi connectivity index (χ2n) is 5.17. The highest BCUT2D eigenvalue weighted by molar-refractivity contribution is 5.95. The maximum Gasteiger partial charge on any atom is 0.243 e. The number of hydrogen-bond donors (Lipinski definition) is 2. The van der Waals surface area contributed by atoms with E-state index in [4.69, 9.17) is 4.42 Å². The van der Waals surface area contributed by atoms with Crippen LogP contribution in [0.25, 0.3) is 0 Å². The van der Waals surface area contributed by atoms with Crippen molar-refractivity contribution in [2.24, 2.45) is 0 Å². The Balaban J connectivity index is 1.76. The zero-order valence-electron chi connectivity index (χ0n) is 12.8. The van der Waals surface area contributed by atoms with Crippen LogP contribution in [0.3, 0.4) is 0 Å². The number of rotatable bonds is 6. The van der Waals surface area contributed by atoms with Gasteiger partial charge in [-0.25, -0.2) is 0 Å². The molecular weight excluding hydrogens is 280 g/mol. The SMILES string of the molecule is Cc1cccc(C)c1NC(=O)CNC(=O)CCc1ccco1. The normalized spacial score (nSPS) is 10.3. The average molecular weight is 300 g/mol. The summed E-state index contributed by atoms with van der Waals surface area (Å²) in [5, 5.41) is 5.44. The Bertz CT molecular complexity index is 628. The van der Waals surface area contributed by atoms with Crippen molar-refractivity contribution in [1.82, 2.24) is 5.32 Å². The van der Waals surface area contributed by atoms with E-state index < -0.39 is 0 Å². The van der Waals surface area contributed by atoms with E-state index in [1.807, 2.05) is 38.1 Å². The summed E-state index contributed by atoms with van der Waals surface area (Å²) in [6.07, 6.45) is 2.40. The van der Waals surface area contributed by atoms with Crippen LogP contribution in [0.1, 0.15) is 23.3 Å². The molecule has 1 aromatic carbocycles. The first-order chi connectivity index (χ1) is 10.6. The first-order valence-corrected chi connectivity index (χ1v) is 7.21. The molecule has 22 heavy (non-hydrogen) atoms. The van der Waals surface area contributed by atoms with Crippen LogP contribution >= 0.6 is 0 Å². The van der Waals surface area contributed by atoms with Crippen molar-refractivity contribution in [3.63, 3.8) is 0 Å². The minimum atomic E-state index is -0.233. The van der Waals surface area contributed by atoms with E-state index in [1.165, 1.54) is 0 Å². The largest absolute Gasteiger partial charge is 0.469 e. The molecule has 5 heteroatoms. The van der Waals surface area contributed by atoms with Crippen LogP contribution < -0.4 is 10.6 Å². The van der Waals surface area contributed by atoms with Crippen molar-refractivity contribution in [1.29, 1.82) is 0 Å². The molecule has 116 valence electrons. The van der Waals surface area contributed by atoms with Crippen LogP contribution in [0, 0.1) is 13.8 Å². The number of para-hydroxylation sites is 1. The Morgan fingerprint density at radius 2 is 1.77 bits per heavy atom. The van der Waals surface area contributed by atoms with Crippen LogP contribution in [0.5, 0.6) is 0 Å². The van der Waals surface area contributed by atoms with Crippen molar-refractivity contribution >= 4 is 17.5 Å². The molecule has 2 aromatic rings. The number of furan rings is 1. The third-order valence-corrected chi connectivity index (χ3v) is 3.37. The molecule has 5 nitrogen and oxygen atoms in total. The van der Waals surface area contributed by atoms with Crippen LogP contribution in [0.2, 0.25) is 0 Å². The molecule has 2 rings (SSSR count). The second kappa shape index (κ2) is 7.45. The molecule has 0 fully saturated rings. The summed E-state index contributed by atoms with van der Waals surface area (Å²) in [6, 6.07) is 9.41. The fourth-order valence-corrected chi connectivity index (χ4v) is 2.15. The maximum atomic E-state index is 11.9. The Hall–Kier alpha value is -2.56. The van der Waals surface area contributed by atoms with Crippen molar-refractivity contribution in [3.8, 4) is 0 Å². The molecule has 0 aliphatic heterocycles. The zero-order chi connectivity index (χ0) is 15.9. The monoisotopic (exact) mass is 300 g/mol. The predicted molar refractivity (Wildman–Crippen MR) is 84.6 cm³/mol. The lowest BCUT2D eigenvalue weighted by molar-refractivity contribution is -0.124. The molecule has 1 heterocycles. The Kier molecular flexibility index (Phi) is 5.36. The van der Waals surface area contributed by atoms with Gasteiger partial charge in [0.25, 0.3) is 0 Å². The van der Waals surface area contributed by atoms with Gasteiger partial charge in [-0.15, -0.1) is 0 Å². The molecule has 1 aromatic heterocycles. The molecule has 0 atom stereocenters. The van der Waals surface area contributed by atoms with Gasteiger partial charge in [-0.3, -0.25) is 9.59 Å². The lowest BCUT2D eigenvalue weighted by atomic mass is 10.1. The first-order valence-electron chi connectivity index (χ1n) is 7.21. The summed E-state index contributed by atoms with van der Waals surface area (Å²) < 4.78 is 5.16. The van der Waals surface area contributed by atoms with Gasteiger partial charge in [-0.2, -0.15) is 0 Å². The summed E-state index contributed by atoms with van der Waals surface area (Å²) in [6.45, 7) is 3.83. The molecule has 0 saturated heterocycles. The van der Waals surface area contributed by atoms with Gasteiger partial charge in [0.15, 0.2) is 0 Å². The summed E-state index contributed by atoms with van der Waals surface area (Å²) in [5.41, 5.74) is 2.80. The number of hydrogen-bond acceptors (Lipinski definition) is 3. The molecule has 0 radical (unpaired) electrons. The van der Waals surface area contributed by atoms with Crippen LogP contribution in [-0.4, -0.2) is 18.4 Å². The van der Waals surface area contributed by atoms with E-state index in [2.05, 4.69) is 10.6 Å². The van der Waals surface area contributed by atoms with Crippen molar-refractivity contribution in [2.75, 3.05) is 11.9 Å². The Morgan fingerprint density at radius 3 is 2.41 bits per heavy atom. The van der Waals surface area contributed by atoms with Gasteiger partial charge < -0.3 is 15.1 Å². The fraction of sp³-hybridized carbons (Fsp3) is 0.294. The van der Waals surface area contributed by atoms with Crippen molar-refractivity contribution in [2.45, 2.75) is 26.7 Å². The second-order valence-corrected chi connectivity index (χ2v) is 5.17. The van der Waals surface area contributed by atoms with E-state index in [9.17, 15) is 9.59 Å². The highest BCUT2D eigenvalue weighted by Gasteiger charge is 2.09. The molecule has 2 amide bonds. The van der Waals surface area contributed by atoms with Crippen LogP contribution in [0.4, 0.5) is 5.69 Å². The maximum absolute atomic E-state index is 11.9. The standard InChI is InChI=1S/C17H20N2O3/c1-12-5-3-6-13(2)17(12)19-16(21)11-18-15(20)9-8-14-7-4-10-22-14/h3-7,10H,8-9,11H2,1-2H3,(H,18,20)(H,19,21). The Morgan fingerprint density at radius 1 is 1.05 bits per heavy atom. The molecule has 0 bridgehead atoms. The van der Waals surface area contributed by atoms with Crippen molar-refractivity contribution < 1.29 is 14.0 Å². The number of nitrogens with one attached hydrogen (secondary N) is 2. The van der Waals surface area contributed by atoms with Crippen LogP contribution in [-0.2, 0) is 16.0 Å². The third-order valence-electron chi connectivity index (χ3n) is 3.37. The van der Waals surface area contributed by atoms with E-state index in [0.717, 1.165) is 22.6 Å². The van der Waals surface area contributed by atoms with E-state index in [1.54, 1.807) is 12.3 Å². The van der Waals surface area contributed by atoms with Gasteiger partial charge >= 0.3 is 0 Å². The predicted octanol–water partition coefficient (Wildman–Crippen LogP) is 2.58. The first kappa shape index (κ1) is 15.8. The van der Waals surface area contributed by atoms with Gasteiger partial charge in [0, 0.05) is 18.5 Å². The highest BCUT2D eigenvalue weighted by Crippen LogP contribution is 2.18. The van der Waals surface area contributed by atoms with Crippen LogP contribution in [0.15, 0.2) is 41.0 Å². The lowest BCUT2D eigenvalue weighted by Crippen LogP contribution is -2.33. The van der Waals surface area contributed by atoms with Crippen molar-refractivity contribution in [3.05, 3.63) is 53.5 Å². The van der Waals surface area contributed by atoms with Gasteiger partial charge in [-0.1, -0.05) is 18.2 Å². The molecular formula is C17H20N2O3. The number of carbonyl (C=O) groups excluding carboxylic acids is 2.